The first kappa shape index (κ1) is 12.4. The summed E-state index contributed by atoms with van der Waals surface area (Å²) in [6.45, 7) is 2.34. The Morgan fingerprint density at radius 1 is 1.40 bits per heavy atom. The third-order valence-electron chi connectivity index (χ3n) is 1.82. The molecule has 0 aromatic heterocycles. The van der Waals surface area contributed by atoms with Gasteiger partial charge in [-0.05, 0) is 40.5 Å². The molecule has 5 heteroatoms. The molecule has 0 bridgehead atoms. The number of halogens is 3. The summed E-state index contributed by atoms with van der Waals surface area (Å²) < 4.78 is 30.5. The van der Waals surface area contributed by atoms with Crippen molar-refractivity contribution in [3.63, 3.8) is 0 Å². The number of aliphatic hydroxyl groups excluding tert-OH is 1. The van der Waals surface area contributed by atoms with Crippen LogP contribution in [-0.2, 0) is 0 Å². The maximum absolute atomic E-state index is 12.7. The predicted molar refractivity (Wildman–Crippen MR) is 56.4 cm³/mol. The molecular formula is C10H11BrF2O2. The lowest BCUT2D eigenvalue weighted by molar-refractivity contribution is -0.0294. The minimum absolute atomic E-state index is 0.139. The largest absolute Gasteiger partial charge is 0.494 e. The lowest BCUT2D eigenvalue weighted by atomic mass is 10.1. The van der Waals surface area contributed by atoms with Crippen LogP contribution in [0.3, 0.4) is 0 Å². The summed E-state index contributed by atoms with van der Waals surface area (Å²) in [5, 5.41) is 9.24. The third-order valence-corrected chi connectivity index (χ3v) is 2.25. The highest BCUT2D eigenvalue weighted by Crippen LogP contribution is 2.36. The van der Waals surface area contributed by atoms with Gasteiger partial charge in [-0.3, -0.25) is 0 Å². The normalized spacial score (nSPS) is 13.7. The summed E-state index contributed by atoms with van der Waals surface area (Å²) in [4.78, 5) is -3.32. The van der Waals surface area contributed by atoms with Crippen LogP contribution in [0.5, 0.6) is 5.75 Å². The second kappa shape index (κ2) is 4.90. The molecule has 0 spiro atoms. The highest BCUT2D eigenvalue weighted by molar-refractivity contribution is 9.10. The number of ether oxygens (including phenoxy) is 1. The van der Waals surface area contributed by atoms with E-state index in [1.165, 1.54) is 12.1 Å². The summed E-state index contributed by atoms with van der Waals surface area (Å²) in [6.07, 6.45) is -1.85. The van der Waals surface area contributed by atoms with Crippen LogP contribution < -0.4 is 4.74 Å². The number of rotatable bonds is 4. The van der Waals surface area contributed by atoms with E-state index in [1.54, 1.807) is 12.1 Å². The molecule has 0 amide bonds. The smallest absolute Gasteiger partial charge is 0.330 e. The van der Waals surface area contributed by atoms with E-state index in [2.05, 4.69) is 15.9 Å². The highest BCUT2D eigenvalue weighted by Gasteiger charge is 2.35. The Kier molecular flexibility index (Phi) is 4.04. The van der Waals surface area contributed by atoms with E-state index < -0.39 is 10.9 Å². The van der Waals surface area contributed by atoms with E-state index in [-0.39, 0.29) is 5.56 Å². The van der Waals surface area contributed by atoms with Crippen molar-refractivity contribution in [1.82, 2.24) is 0 Å². The van der Waals surface area contributed by atoms with Crippen LogP contribution in [0.4, 0.5) is 8.78 Å². The van der Waals surface area contributed by atoms with Gasteiger partial charge >= 0.3 is 4.83 Å². The number of hydrogen-bond acceptors (Lipinski definition) is 2. The predicted octanol–water partition coefficient (Wildman–Crippen LogP) is 3.11. The SMILES string of the molecule is CCOc1ccc(C(O)C(F)(F)Br)cc1. The molecule has 1 N–H and O–H groups in total. The fourth-order valence-electron chi connectivity index (χ4n) is 1.10. The summed E-state index contributed by atoms with van der Waals surface area (Å²) in [5.74, 6) is 0.589. The number of alkyl halides is 3. The van der Waals surface area contributed by atoms with E-state index in [4.69, 9.17) is 4.74 Å². The molecule has 0 aliphatic heterocycles. The van der Waals surface area contributed by atoms with Crippen molar-refractivity contribution in [2.24, 2.45) is 0 Å². The van der Waals surface area contributed by atoms with Gasteiger partial charge in [-0.1, -0.05) is 12.1 Å². The first-order valence-corrected chi connectivity index (χ1v) is 5.22. The van der Waals surface area contributed by atoms with Gasteiger partial charge in [0.05, 0.1) is 6.61 Å². The molecule has 0 heterocycles. The van der Waals surface area contributed by atoms with Crippen molar-refractivity contribution in [2.75, 3.05) is 6.61 Å². The van der Waals surface area contributed by atoms with Crippen molar-refractivity contribution in [2.45, 2.75) is 17.9 Å². The molecule has 1 atom stereocenters. The van der Waals surface area contributed by atoms with E-state index in [0.717, 1.165) is 0 Å². The molecule has 0 aliphatic carbocycles. The van der Waals surface area contributed by atoms with Crippen LogP contribution in [0.25, 0.3) is 0 Å². The third kappa shape index (κ3) is 3.43. The number of aliphatic hydroxyl groups is 1. The molecule has 0 saturated heterocycles. The first-order chi connectivity index (χ1) is 6.95. The summed E-state index contributed by atoms with van der Waals surface area (Å²) in [7, 11) is 0. The van der Waals surface area contributed by atoms with Crippen LogP contribution in [0, 0.1) is 0 Å². The van der Waals surface area contributed by atoms with E-state index in [9.17, 15) is 13.9 Å². The molecule has 1 rings (SSSR count). The van der Waals surface area contributed by atoms with Gasteiger partial charge in [0, 0.05) is 0 Å². The molecule has 15 heavy (non-hydrogen) atoms. The molecule has 84 valence electrons. The summed E-state index contributed by atoms with van der Waals surface area (Å²) in [5.41, 5.74) is 0.139. The Bertz CT molecular complexity index is 308. The molecule has 0 saturated carbocycles. The van der Waals surface area contributed by atoms with Crippen molar-refractivity contribution in [3.05, 3.63) is 29.8 Å². The van der Waals surface area contributed by atoms with Crippen molar-refractivity contribution in [1.29, 1.82) is 0 Å². The van der Waals surface area contributed by atoms with Crippen molar-refractivity contribution < 1.29 is 18.6 Å². The van der Waals surface area contributed by atoms with Gasteiger partial charge < -0.3 is 9.84 Å². The number of benzene rings is 1. The summed E-state index contributed by atoms with van der Waals surface area (Å²) in [6, 6.07) is 5.90. The zero-order valence-electron chi connectivity index (χ0n) is 8.08. The van der Waals surface area contributed by atoms with Crippen LogP contribution >= 0.6 is 15.9 Å². The Balaban J connectivity index is 2.80. The number of hydrogen-bond donors (Lipinski definition) is 1. The highest BCUT2D eigenvalue weighted by atomic mass is 79.9. The zero-order valence-corrected chi connectivity index (χ0v) is 9.67. The van der Waals surface area contributed by atoms with E-state index in [1.807, 2.05) is 6.92 Å². The van der Waals surface area contributed by atoms with Crippen molar-refractivity contribution >= 4 is 15.9 Å². The minimum Gasteiger partial charge on any atom is -0.494 e. The van der Waals surface area contributed by atoms with Gasteiger partial charge in [-0.25, -0.2) is 0 Å². The minimum atomic E-state index is -3.32. The molecule has 1 aromatic rings. The van der Waals surface area contributed by atoms with Gasteiger partial charge in [-0.2, -0.15) is 8.78 Å². The Labute approximate surface area is 95.0 Å². The molecule has 1 unspecified atom stereocenters. The monoisotopic (exact) mass is 280 g/mol. The van der Waals surface area contributed by atoms with Gasteiger partial charge in [0.25, 0.3) is 0 Å². The van der Waals surface area contributed by atoms with Crippen LogP contribution in [-0.4, -0.2) is 16.5 Å². The Morgan fingerprint density at radius 3 is 2.33 bits per heavy atom. The molecular weight excluding hydrogens is 270 g/mol. The van der Waals surface area contributed by atoms with Gasteiger partial charge in [0.15, 0.2) is 6.10 Å². The fraction of sp³-hybridized carbons (Fsp3) is 0.400. The van der Waals surface area contributed by atoms with Gasteiger partial charge in [0.1, 0.15) is 5.75 Å². The quantitative estimate of drug-likeness (QED) is 0.859. The van der Waals surface area contributed by atoms with Crippen LogP contribution in [0.1, 0.15) is 18.6 Å². The maximum atomic E-state index is 12.7. The van der Waals surface area contributed by atoms with Crippen LogP contribution in [0.15, 0.2) is 24.3 Å². The lowest BCUT2D eigenvalue weighted by Crippen LogP contribution is -2.18. The standard InChI is InChI=1S/C10H11BrF2O2/c1-2-15-8-5-3-7(4-6-8)9(14)10(11,12)13/h3-6,9,14H,2H2,1H3. The maximum Gasteiger partial charge on any atom is 0.330 e. The van der Waals surface area contributed by atoms with Gasteiger partial charge in [-0.15, -0.1) is 0 Å². The Hall–Kier alpha value is -0.680. The Morgan fingerprint density at radius 2 is 1.93 bits per heavy atom. The van der Waals surface area contributed by atoms with Gasteiger partial charge in [0.2, 0.25) is 0 Å². The molecule has 0 aliphatic rings. The molecule has 1 aromatic carbocycles. The van der Waals surface area contributed by atoms with Crippen LogP contribution in [0.2, 0.25) is 0 Å². The van der Waals surface area contributed by atoms with E-state index >= 15 is 0 Å². The topological polar surface area (TPSA) is 29.5 Å². The molecule has 2 nitrogen and oxygen atoms in total. The molecule has 0 radical (unpaired) electrons. The first-order valence-electron chi connectivity index (χ1n) is 4.42. The second-order valence-corrected chi connectivity index (χ2v) is 4.00. The lowest BCUT2D eigenvalue weighted by Gasteiger charge is -2.16. The molecule has 0 fully saturated rings. The second-order valence-electron chi connectivity index (χ2n) is 2.95. The van der Waals surface area contributed by atoms with Crippen molar-refractivity contribution in [3.8, 4) is 5.75 Å². The average molecular weight is 281 g/mol. The van der Waals surface area contributed by atoms with E-state index in [0.29, 0.717) is 12.4 Å². The fourth-order valence-corrected chi connectivity index (χ4v) is 1.37. The average Bonchev–Trinajstić information content (AvgIpc) is 2.17. The summed E-state index contributed by atoms with van der Waals surface area (Å²) >= 11 is 2.12. The zero-order chi connectivity index (χ0) is 11.5.